The van der Waals surface area contributed by atoms with Crippen LogP contribution in [-0.2, 0) is 20.0 Å². The SMILES string of the molecule is CCc1cccc(Oc2nc3c(c(=O)[nH]c(=O)n3C)n2C[C@@H](O)COc2ccc(Cl)cc2)c1. The zero-order valence-corrected chi connectivity index (χ0v) is 18.9. The lowest BCUT2D eigenvalue weighted by molar-refractivity contribution is 0.0915. The second-order valence-corrected chi connectivity index (χ2v) is 7.95. The number of H-pyrrole nitrogens is 1. The van der Waals surface area contributed by atoms with Gasteiger partial charge in [0.25, 0.3) is 5.56 Å². The summed E-state index contributed by atoms with van der Waals surface area (Å²) in [6, 6.07) is 14.3. The van der Waals surface area contributed by atoms with E-state index in [1.165, 1.54) is 16.2 Å². The van der Waals surface area contributed by atoms with Gasteiger partial charge >= 0.3 is 11.7 Å². The normalized spacial score (nSPS) is 12.1. The van der Waals surface area contributed by atoms with Gasteiger partial charge in [0.1, 0.15) is 24.2 Å². The molecule has 9 nitrogen and oxygen atoms in total. The number of imidazole rings is 1. The van der Waals surface area contributed by atoms with Crippen molar-refractivity contribution in [2.24, 2.45) is 7.05 Å². The Bertz CT molecular complexity index is 1390. The third kappa shape index (κ3) is 4.94. The number of hydrogen-bond donors (Lipinski definition) is 2. The molecule has 2 N–H and O–H groups in total. The molecule has 2 aromatic carbocycles. The predicted octanol–water partition coefficient (Wildman–Crippen LogP) is 2.87. The number of ether oxygens (including phenoxy) is 2. The number of nitrogens with zero attached hydrogens (tertiary/aromatic N) is 3. The minimum absolute atomic E-state index is 0.0459. The van der Waals surface area contributed by atoms with Crippen LogP contribution in [0.5, 0.6) is 17.5 Å². The molecule has 1 atom stereocenters. The molecule has 2 heterocycles. The Morgan fingerprint density at radius 3 is 2.64 bits per heavy atom. The lowest BCUT2D eigenvalue weighted by Crippen LogP contribution is -2.30. The topological polar surface area (TPSA) is 111 Å². The summed E-state index contributed by atoms with van der Waals surface area (Å²) in [5.74, 6) is 1.07. The molecule has 0 aliphatic carbocycles. The molecule has 4 rings (SSSR count). The molecule has 0 unspecified atom stereocenters. The van der Waals surface area contributed by atoms with Crippen molar-refractivity contribution in [3.05, 3.63) is 80.0 Å². The Morgan fingerprint density at radius 2 is 1.91 bits per heavy atom. The van der Waals surface area contributed by atoms with Crippen LogP contribution in [0.1, 0.15) is 12.5 Å². The van der Waals surface area contributed by atoms with Crippen LogP contribution in [0.3, 0.4) is 0 Å². The van der Waals surface area contributed by atoms with E-state index in [4.69, 9.17) is 21.1 Å². The smallest absolute Gasteiger partial charge is 0.329 e. The molecule has 0 saturated heterocycles. The van der Waals surface area contributed by atoms with Crippen LogP contribution in [0.2, 0.25) is 5.02 Å². The van der Waals surface area contributed by atoms with Crippen LogP contribution in [0, 0.1) is 0 Å². The standard InChI is InChI=1S/C23H23ClN4O5/c1-3-14-5-4-6-18(11-14)33-23-25-20-19(21(30)26-22(31)27(20)2)28(23)12-16(29)13-32-17-9-7-15(24)8-10-17/h4-11,16,29H,3,12-13H2,1-2H3,(H,26,30,31)/t16-/m1/s1. The molecule has 0 bridgehead atoms. The number of hydrogen-bond acceptors (Lipinski definition) is 6. The number of aromatic amines is 1. The molecule has 172 valence electrons. The number of fused-ring (bicyclic) bond motifs is 1. The van der Waals surface area contributed by atoms with Gasteiger partial charge in [0.2, 0.25) is 0 Å². The maximum absolute atomic E-state index is 12.6. The number of nitrogens with one attached hydrogen (secondary N) is 1. The molecule has 0 radical (unpaired) electrons. The van der Waals surface area contributed by atoms with Gasteiger partial charge in [-0.25, -0.2) is 4.79 Å². The Balaban J connectivity index is 1.67. The van der Waals surface area contributed by atoms with Gasteiger partial charge in [-0.3, -0.25) is 18.9 Å². The van der Waals surface area contributed by atoms with Crippen molar-refractivity contribution < 1.29 is 14.6 Å². The highest BCUT2D eigenvalue weighted by molar-refractivity contribution is 6.30. The summed E-state index contributed by atoms with van der Waals surface area (Å²) in [5, 5.41) is 11.2. The van der Waals surface area contributed by atoms with Crippen molar-refractivity contribution in [3.63, 3.8) is 0 Å². The number of aliphatic hydroxyl groups is 1. The van der Waals surface area contributed by atoms with Gasteiger partial charge < -0.3 is 14.6 Å². The van der Waals surface area contributed by atoms with Crippen LogP contribution >= 0.6 is 11.6 Å². The van der Waals surface area contributed by atoms with E-state index in [1.807, 2.05) is 25.1 Å². The summed E-state index contributed by atoms with van der Waals surface area (Å²) in [7, 11) is 1.50. The molecule has 0 aliphatic rings. The number of rotatable bonds is 8. The number of benzene rings is 2. The van der Waals surface area contributed by atoms with Crippen LogP contribution in [0.4, 0.5) is 0 Å². The van der Waals surface area contributed by atoms with Crippen molar-refractivity contribution in [3.8, 4) is 17.5 Å². The summed E-state index contributed by atoms with van der Waals surface area (Å²) < 4.78 is 14.3. The molecule has 0 fully saturated rings. The highest BCUT2D eigenvalue weighted by atomic mass is 35.5. The molecule has 0 aliphatic heterocycles. The summed E-state index contributed by atoms with van der Waals surface area (Å²) in [5.41, 5.74) is 0.115. The van der Waals surface area contributed by atoms with Crippen LogP contribution in [0.25, 0.3) is 11.2 Å². The summed E-state index contributed by atoms with van der Waals surface area (Å²) in [6.45, 7) is 1.94. The monoisotopic (exact) mass is 470 g/mol. The third-order valence-corrected chi connectivity index (χ3v) is 5.39. The maximum Gasteiger partial charge on any atom is 0.329 e. The van der Waals surface area contributed by atoms with Crippen molar-refractivity contribution in [2.75, 3.05) is 6.61 Å². The average molecular weight is 471 g/mol. The van der Waals surface area contributed by atoms with E-state index in [0.29, 0.717) is 16.5 Å². The second-order valence-electron chi connectivity index (χ2n) is 7.52. The number of aryl methyl sites for hydroxylation is 2. The van der Waals surface area contributed by atoms with Gasteiger partial charge in [-0.15, -0.1) is 0 Å². The van der Waals surface area contributed by atoms with E-state index >= 15 is 0 Å². The zero-order valence-electron chi connectivity index (χ0n) is 18.1. The minimum Gasteiger partial charge on any atom is -0.491 e. The van der Waals surface area contributed by atoms with E-state index in [-0.39, 0.29) is 30.3 Å². The maximum atomic E-state index is 12.6. The number of aliphatic hydroxyl groups excluding tert-OH is 1. The molecule has 0 amide bonds. The quantitative estimate of drug-likeness (QED) is 0.409. The van der Waals surface area contributed by atoms with Gasteiger partial charge in [0, 0.05) is 12.1 Å². The fourth-order valence-electron chi connectivity index (χ4n) is 3.38. The van der Waals surface area contributed by atoms with Crippen molar-refractivity contribution in [1.29, 1.82) is 0 Å². The minimum atomic E-state index is -1.00. The molecular formula is C23H23ClN4O5. The first kappa shape index (κ1) is 22.6. The largest absolute Gasteiger partial charge is 0.491 e. The van der Waals surface area contributed by atoms with Gasteiger partial charge in [-0.05, 0) is 48.4 Å². The summed E-state index contributed by atoms with van der Waals surface area (Å²) in [6.07, 6.45) is -0.179. The first-order valence-corrected chi connectivity index (χ1v) is 10.8. The number of halogens is 1. The van der Waals surface area contributed by atoms with Gasteiger partial charge in [0.05, 0.1) is 6.54 Å². The molecule has 10 heteroatoms. The zero-order chi connectivity index (χ0) is 23.5. The Hall–Kier alpha value is -3.56. The summed E-state index contributed by atoms with van der Waals surface area (Å²) >= 11 is 5.88. The fraction of sp³-hybridized carbons (Fsp3) is 0.261. The van der Waals surface area contributed by atoms with E-state index < -0.39 is 17.4 Å². The van der Waals surface area contributed by atoms with Crippen molar-refractivity contribution >= 4 is 22.8 Å². The van der Waals surface area contributed by atoms with Gasteiger partial charge in [-0.1, -0.05) is 30.7 Å². The summed E-state index contributed by atoms with van der Waals surface area (Å²) in [4.78, 5) is 31.3. The van der Waals surface area contributed by atoms with Crippen LogP contribution in [0.15, 0.2) is 58.1 Å². The third-order valence-electron chi connectivity index (χ3n) is 5.14. The fourth-order valence-corrected chi connectivity index (χ4v) is 3.51. The van der Waals surface area contributed by atoms with E-state index in [0.717, 1.165) is 12.0 Å². The van der Waals surface area contributed by atoms with E-state index in [2.05, 4.69) is 9.97 Å². The first-order valence-electron chi connectivity index (χ1n) is 10.4. The Kier molecular flexibility index (Phi) is 6.52. The predicted molar refractivity (Wildman–Crippen MR) is 124 cm³/mol. The van der Waals surface area contributed by atoms with E-state index in [9.17, 15) is 14.7 Å². The average Bonchev–Trinajstić information content (AvgIpc) is 3.15. The van der Waals surface area contributed by atoms with Crippen molar-refractivity contribution in [1.82, 2.24) is 19.1 Å². The molecule has 4 aromatic rings. The van der Waals surface area contributed by atoms with Gasteiger partial charge in [-0.2, -0.15) is 4.98 Å². The highest BCUT2D eigenvalue weighted by Gasteiger charge is 2.21. The van der Waals surface area contributed by atoms with Crippen LogP contribution < -0.4 is 20.7 Å². The van der Waals surface area contributed by atoms with Gasteiger partial charge in [0.15, 0.2) is 11.2 Å². The Morgan fingerprint density at radius 1 is 1.15 bits per heavy atom. The lowest BCUT2D eigenvalue weighted by atomic mass is 10.2. The molecule has 2 aromatic heterocycles. The molecular weight excluding hydrogens is 448 g/mol. The van der Waals surface area contributed by atoms with Crippen LogP contribution in [-0.4, -0.2) is 36.9 Å². The highest BCUT2D eigenvalue weighted by Crippen LogP contribution is 2.25. The molecule has 0 spiro atoms. The van der Waals surface area contributed by atoms with E-state index in [1.54, 1.807) is 30.3 Å². The number of aromatic nitrogens is 4. The first-order chi connectivity index (χ1) is 15.9. The Labute approximate surface area is 193 Å². The molecule has 33 heavy (non-hydrogen) atoms. The van der Waals surface area contributed by atoms with Crippen molar-refractivity contribution in [2.45, 2.75) is 26.0 Å². The molecule has 0 saturated carbocycles. The second kappa shape index (κ2) is 9.51. The lowest BCUT2D eigenvalue weighted by Gasteiger charge is -2.15.